The van der Waals surface area contributed by atoms with Crippen LogP contribution in [-0.2, 0) is 4.79 Å². The molecule has 0 fully saturated rings. The first kappa shape index (κ1) is 23.1. The number of aromatic nitrogens is 2. The summed E-state index contributed by atoms with van der Waals surface area (Å²) >= 11 is 3.35. The molecule has 0 aliphatic carbocycles. The van der Waals surface area contributed by atoms with Gasteiger partial charge in [0.15, 0.2) is 12.4 Å². The Balaban J connectivity index is 2.08. The second-order valence-electron chi connectivity index (χ2n) is 6.97. The van der Waals surface area contributed by atoms with Gasteiger partial charge in [-0.05, 0) is 36.8 Å². The molecule has 1 atom stereocenters. The summed E-state index contributed by atoms with van der Waals surface area (Å²) in [4.78, 5) is 39.1. The van der Waals surface area contributed by atoms with Crippen molar-refractivity contribution in [2.75, 3.05) is 6.61 Å². The number of hydrogen-bond donors (Lipinski definition) is 1. The van der Waals surface area contributed by atoms with E-state index in [0.29, 0.717) is 22.3 Å². The minimum absolute atomic E-state index is 0.0611. The van der Waals surface area contributed by atoms with Gasteiger partial charge in [0.05, 0.1) is 22.0 Å². The van der Waals surface area contributed by atoms with Crippen molar-refractivity contribution in [1.82, 2.24) is 9.66 Å². The van der Waals surface area contributed by atoms with Crippen molar-refractivity contribution in [2.45, 2.75) is 26.2 Å². The zero-order valence-electron chi connectivity index (χ0n) is 17.2. The van der Waals surface area contributed by atoms with Crippen molar-refractivity contribution in [3.8, 4) is 5.75 Å². The van der Waals surface area contributed by atoms with Gasteiger partial charge in [-0.25, -0.2) is 9.78 Å². The molecule has 0 aliphatic heterocycles. The zero-order valence-corrected chi connectivity index (χ0v) is 18.8. The molecule has 0 saturated heterocycles. The fraction of sp³-hybridized carbons (Fsp3) is 0.238. The number of nitrogens with zero attached hydrogens (tertiary/aromatic N) is 4. The largest absolute Gasteiger partial charge is 0.479 e. The molecule has 166 valence electrons. The van der Waals surface area contributed by atoms with Crippen LogP contribution in [-0.4, -0.2) is 38.5 Å². The standard InChI is InChI=1S/C21H19BrN4O6/c1-3-12(2)20-24-16-6-5-14(22)9-15(16)21(29)25(20)23-10-13-4-7-18(32-11-19(27)28)17(8-13)26(30)31/h4-10,12H,3,11H2,1-2H3,(H,27,28)/t12-/m1/s1. The summed E-state index contributed by atoms with van der Waals surface area (Å²) < 4.78 is 6.89. The van der Waals surface area contributed by atoms with Gasteiger partial charge in [-0.15, -0.1) is 0 Å². The minimum Gasteiger partial charge on any atom is -0.479 e. The molecule has 11 heteroatoms. The van der Waals surface area contributed by atoms with E-state index in [-0.39, 0.29) is 17.2 Å². The van der Waals surface area contributed by atoms with Crippen LogP contribution in [0.25, 0.3) is 10.9 Å². The lowest BCUT2D eigenvalue weighted by molar-refractivity contribution is -0.385. The third-order valence-electron chi connectivity index (χ3n) is 4.74. The van der Waals surface area contributed by atoms with Crippen molar-refractivity contribution in [2.24, 2.45) is 5.10 Å². The highest BCUT2D eigenvalue weighted by molar-refractivity contribution is 9.10. The number of hydrogen-bond acceptors (Lipinski definition) is 7. The van der Waals surface area contributed by atoms with Crippen molar-refractivity contribution < 1.29 is 19.6 Å². The summed E-state index contributed by atoms with van der Waals surface area (Å²) in [5.74, 6) is -1.02. The maximum Gasteiger partial charge on any atom is 0.341 e. The number of nitro groups is 1. The lowest BCUT2D eigenvalue weighted by Crippen LogP contribution is -2.23. The monoisotopic (exact) mass is 502 g/mol. The average Bonchev–Trinajstić information content (AvgIpc) is 2.76. The first-order chi connectivity index (χ1) is 15.2. The number of nitro benzene ring substituents is 1. The summed E-state index contributed by atoms with van der Waals surface area (Å²) in [6.45, 7) is 3.19. The lowest BCUT2D eigenvalue weighted by atomic mass is 10.1. The molecular weight excluding hydrogens is 484 g/mol. The molecule has 0 bridgehead atoms. The molecule has 3 aromatic rings. The van der Waals surface area contributed by atoms with Gasteiger partial charge < -0.3 is 9.84 Å². The van der Waals surface area contributed by atoms with Crippen LogP contribution in [0.4, 0.5) is 5.69 Å². The van der Waals surface area contributed by atoms with Gasteiger partial charge in [0.25, 0.3) is 5.56 Å². The quantitative estimate of drug-likeness (QED) is 0.279. The van der Waals surface area contributed by atoms with Gasteiger partial charge in [-0.2, -0.15) is 9.78 Å². The van der Waals surface area contributed by atoms with Crippen molar-refractivity contribution >= 4 is 44.7 Å². The van der Waals surface area contributed by atoms with Gasteiger partial charge in [-0.3, -0.25) is 14.9 Å². The summed E-state index contributed by atoms with van der Waals surface area (Å²) in [6, 6.07) is 9.18. The van der Waals surface area contributed by atoms with E-state index in [9.17, 15) is 19.7 Å². The third kappa shape index (κ3) is 4.99. The predicted octanol–water partition coefficient (Wildman–Crippen LogP) is 3.93. The van der Waals surface area contributed by atoms with Crippen LogP contribution in [0.15, 0.2) is 50.8 Å². The third-order valence-corrected chi connectivity index (χ3v) is 5.23. The zero-order chi connectivity index (χ0) is 23.4. The van der Waals surface area contributed by atoms with E-state index in [1.807, 2.05) is 13.8 Å². The van der Waals surface area contributed by atoms with Crippen LogP contribution in [0.1, 0.15) is 37.6 Å². The Morgan fingerprint density at radius 3 is 2.78 bits per heavy atom. The molecule has 32 heavy (non-hydrogen) atoms. The molecule has 3 rings (SSSR count). The smallest absolute Gasteiger partial charge is 0.341 e. The molecule has 0 spiro atoms. The van der Waals surface area contributed by atoms with Gasteiger partial charge in [0, 0.05) is 22.0 Å². The lowest BCUT2D eigenvalue weighted by Gasteiger charge is -2.14. The van der Waals surface area contributed by atoms with Crippen LogP contribution in [0.5, 0.6) is 5.75 Å². The van der Waals surface area contributed by atoms with E-state index >= 15 is 0 Å². The highest BCUT2D eigenvalue weighted by Crippen LogP contribution is 2.27. The topological polar surface area (TPSA) is 137 Å². The van der Waals surface area contributed by atoms with E-state index < -0.39 is 23.2 Å². The molecule has 1 aromatic heterocycles. The number of fused-ring (bicyclic) bond motifs is 1. The normalized spacial score (nSPS) is 12.2. The average molecular weight is 503 g/mol. The van der Waals surface area contributed by atoms with Crippen LogP contribution in [0.2, 0.25) is 0 Å². The molecule has 0 saturated carbocycles. The Hall–Kier alpha value is -3.60. The van der Waals surface area contributed by atoms with E-state index in [1.165, 1.54) is 29.1 Å². The van der Waals surface area contributed by atoms with Gasteiger partial charge in [0.1, 0.15) is 5.82 Å². The predicted molar refractivity (Wildman–Crippen MR) is 122 cm³/mol. The maximum absolute atomic E-state index is 13.1. The molecule has 10 nitrogen and oxygen atoms in total. The SMILES string of the molecule is CC[C@@H](C)c1nc2ccc(Br)cc2c(=O)n1N=Cc1ccc(OCC(=O)O)c([N+](=O)[O-])c1. The Kier molecular flexibility index (Phi) is 6.98. The number of ether oxygens (including phenoxy) is 1. The van der Waals surface area contributed by atoms with Crippen molar-refractivity contribution in [3.05, 3.63) is 72.7 Å². The first-order valence-electron chi connectivity index (χ1n) is 9.60. The van der Waals surface area contributed by atoms with Crippen molar-refractivity contribution in [1.29, 1.82) is 0 Å². The number of aliphatic carboxylic acids is 1. The summed E-state index contributed by atoms with van der Waals surface area (Å²) in [5, 5.41) is 24.7. The number of rotatable bonds is 8. The highest BCUT2D eigenvalue weighted by atomic mass is 79.9. The van der Waals surface area contributed by atoms with Gasteiger partial charge in [-0.1, -0.05) is 29.8 Å². The van der Waals surface area contributed by atoms with Crippen LogP contribution in [0, 0.1) is 10.1 Å². The number of carboxylic acid groups (broad SMARTS) is 1. The number of halogens is 1. The molecule has 1 heterocycles. The Morgan fingerprint density at radius 2 is 2.12 bits per heavy atom. The molecule has 0 radical (unpaired) electrons. The number of carboxylic acids is 1. The molecule has 2 aromatic carbocycles. The van der Waals surface area contributed by atoms with E-state index in [2.05, 4.69) is 26.0 Å². The van der Waals surface area contributed by atoms with Crippen LogP contribution < -0.4 is 10.3 Å². The maximum atomic E-state index is 13.1. The van der Waals surface area contributed by atoms with E-state index in [0.717, 1.165) is 10.9 Å². The van der Waals surface area contributed by atoms with Crippen LogP contribution in [0.3, 0.4) is 0 Å². The Labute approximate surface area is 190 Å². The fourth-order valence-electron chi connectivity index (χ4n) is 2.92. The number of carbonyl (C=O) groups is 1. The Bertz CT molecular complexity index is 1290. The summed E-state index contributed by atoms with van der Waals surface area (Å²) in [6.07, 6.45) is 2.04. The second-order valence-corrected chi connectivity index (χ2v) is 7.88. The van der Waals surface area contributed by atoms with Crippen molar-refractivity contribution in [3.63, 3.8) is 0 Å². The van der Waals surface area contributed by atoms with Gasteiger partial charge >= 0.3 is 11.7 Å². The molecule has 0 amide bonds. The summed E-state index contributed by atoms with van der Waals surface area (Å²) in [5.41, 5.74) is 0.107. The van der Waals surface area contributed by atoms with E-state index in [4.69, 9.17) is 9.84 Å². The summed E-state index contributed by atoms with van der Waals surface area (Å²) in [7, 11) is 0. The van der Waals surface area contributed by atoms with Gasteiger partial charge in [0.2, 0.25) is 0 Å². The van der Waals surface area contributed by atoms with Crippen LogP contribution >= 0.6 is 15.9 Å². The molecule has 0 aliphatic rings. The minimum atomic E-state index is -1.25. The molecule has 1 N–H and O–H groups in total. The fourth-order valence-corrected chi connectivity index (χ4v) is 3.28. The van der Waals surface area contributed by atoms with E-state index in [1.54, 1.807) is 18.2 Å². The number of benzene rings is 2. The molecular formula is C21H19BrN4O6. The molecule has 0 unspecified atom stereocenters. The highest BCUT2D eigenvalue weighted by Gasteiger charge is 2.18. The second kappa shape index (κ2) is 9.69. The first-order valence-corrected chi connectivity index (χ1v) is 10.4. The Morgan fingerprint density at radius 1 is 1.38 bits per heavy atom.